The second-order valence-corrected chi connectivity index (χ2v) is 8.17. The lowest BCUT2D eigenvalue weighted by atomic mass is 10.0. The van der Waals surface area contributed by atoms with Gasteiger partial charge in [0.15, 0.2) is 0 Å². The van der Waals surface area contributed by atoms with E-state index >= 15 is 0 Å². The summed E-state index contributed by atoms with van der Waals surface area (Å²) in [7, 11) is 3.40. The molecule has 1 saturated carbocycles. The van der Waals surface area contributed by atoms with Crippen LogP contribution in [0.25, 0.3) is 10.9 Å². The van der Waals surface area contributed by atoms with Gasteiger partial charge in [0.1, 0.15) is 17.5 Å². The number of carboxylic acid groups (broad SMARTS) is 1. The first-order valence-corrected chi connectivity index (χ1v) is 10.8. The monoisotopic (exact) mass is 429 g/mol. The van der Waals surface area contributed by atoms with Crippen LogP contribution in [0.1, 0.15) is 55.9 Å². The summed E-state index contributed by atoms with van der Waals surface area (Å²) >= 11 is 0. The molecule has 2 aromatic rings. The third-order valence-electron chi connectivity index (χ3n) is 6.11. The van der Waals surface area contributed by atoms with E-state index in [1.165, 1.54) is 0 Å². The Labute approximate surface area is 181 Å². The number of benzene rings is 1. The molecule has 0 bridgehead atoms. The number of nitrogens with zero attached hydrogens (tertiary/aromatic N) is 1. The smallest absolute Gasteiger partial charge is 0.308 e. The van der Waals surface area contributed by atoms with Gasteiger partial charge in [-0.3, -0.25) is 14.4 Å². The van der Waals surface area contributed by atoms with Crippen LogP contribution >= 0.6 is 0 Å². The second kappa shape index (κ2) is 9.85. The quantitative estimate of drug-likeness (QED) is 0.568. The maximum Gasteiger partial charge on any atom is 0.308 e. The van der Waals surface area contributed by atoms with E-state index in [2.05, 4.69) is 10.6 Å². The van der Waals surface area contributed by atoms with Crippen LogP contribution in [0.2, 0.25) is 0 Å². The number of fused-ring (bicyclic) bond motifs is 1. The van der Waals surface area contributed by atoms with Crippen LogP contribution in [0.4, 0.5) is 0 Å². The van der Waals surface area contributed by atoms with Crippen molar-refractivity contribution in [2.75, 3.05) is 7.11 Å². The number of rotatable bonds is 9. The number of aryl methyl sites for hydroxylation is 1. The maximum absolute atomic E-state index is 13.0. The number of unbranched alkanes of at least 4 members (excludes halogenated alkanes) is 1. The molecule has 8 nitrogen and oxygen atoms in total. The SMILES string of the molecule is CCCC[C@H](NC(=O)c1cc2cc(OC)ccc2n1C)C(=O)N[C@H]1CCC[C@H]1C(=O)O. The van der Waals surface area contributed by atoms with Crippen LogP contribution in [0.15, 0.2) is 24.3 Å². The fraction of sp³-hybridized carbons (Fsp3) is 0.522. The minimum absolute atomic E-state index is 0.319. The molecule has 1 aromatic heterocycles. The van der Waals surface area contributed by atoms with Crippen LogP contribution in [0.3, 0.4) is 0 Å². The summed E-state index contributed by atoms with van der Waals surface area (Å²) in [4.78, 5) is 37.4. The van der Waals surface area contributed by atoms with Gasteiger partial charge >= 0.3 is 5.97 Å². The molecule has 3 N–H and O–H groups in total. The van der Waals surface area contributed by atoms with E-state index in [1.807, 2.05) is 25.1 Å². The van der Waals surface area contributed by atoms with Crippen molar-refractivity contribution in [3.05, 3.63) is 30.0 Å². The number of carbonyl (C=O) groups excluding carboxylic acids is 2. The van der Waals surface area contributed by atoms with Gasteiger partial charge in [-0.2, -0.15) is 0 Å². The van der Waals surface area contributed by atoms with Crippen molar-refractivity contribution in [2.24, 2.45) is 13.0 Å². The van der Waals surface area contributed by atoms with E-state index in [0.717, 1.165) is 30.2 Å². The minimum Gasteiger partial charge on any atom is -0.497 e. The van der Waals surface area contributed by atoms with Gasteiger partial charge in [0.05, 0.1) is 13.0 Å². The minimum atomic E-state index is -0.886. The molecule has 1 aromatic carbocycles. The van der Waals surface area contributed by atoms with Crippen molar-refractivity contribution in [1.29, 1.82) is 0 Å². The van der Waals surface area contributed by atoms with Gasteiger partial charge in [0.25, 0.3) is 5.91 Å². The molecule has 1 heterocycles. The highest BCUT2D eigenvalue weighted by Gasteiger charge is 2.35. The summed E-state index contributed by atoms with van der Waals surface area (Å²) in [6.45, 7) is 2.02. The highest BCUT2D eigenvalue weighted by Crippen LogP contribution is 2.26. The molecule has 0 saturated heterocycles. The Balaban J connectivity index is 1.76. The molecule has 1 aliphatic carbocycles. The van der Waals surface area contributed by atoms with E-state index in [-0.39, 0.29) is 11.8 Å². The first-order valence-electron chi connectivity index (χ1n) is 10.8. The van der Waals surface area contributed by atoms with Gasteiger partial charge in [-0.15, -0.1) is 0 Å². The first kappa shape index (κ1) is 22.7. The van der Waals surface area contributed by atoms with E-state index in [0.29, 0.717) is 30.7 Å². The van der Waals surface area contributed by atoms with Gasteiger partial charge in [-0.25, -0.2) is 0 Å². The van der Waals surface area contributed by atoms with Crippen LogP contribution in [-0.4, -0.2) is 46.7 Å². The standard InChI is InChI=1S/C23H31N3O5/c1-4-5-8-18(21(27)24-17-9-6-7-16(17)23(29)30)25-22(28)20-13-14-12-15(31-3)10-11-19(14)26(20)2/h10-13,16-18H,4-9H2,1-3H3,(H,24,27)(H,25,28)(H,29,30)/t16-,17+,18+/m1/s1. The molecule has 8 heteroatoms. The van der Waals surface area contributed by atoms with E-state index in [1.54, 1.807) is 24.8 Å². The van der Waals surface area contributed by atoms with Gasteiger partial charge in [-0.1, -0.05) is 26.2 Å². The number of nitrogens with one attached hydrogen (secondary N) is 2. The van der Waals surface area contributed by atoms with Crippen molar-refractivity contribution in [2.45, 2.75) is 57.5 Å². The zero-order valence-corrected chi connectivity index (χ0v) is 18.3. The van der Waals surface area contributed by atoms with Crippen molar-refractivity contribution < 1.29 is 24.2 Å². The summed E-state index contributed by atoms with van der Waals surface area (Å²) < 4.78 is 7.04. The number of amides is 2. The Morgan fingerprint density at radius 1 is 1.26 bits per heavy atom. The highest BCUT2D eigenvalue weighted by molar-refractivity contribution is 6.01. The second-order valence-electron chi connectivity index (χ2n) is 8.17. The third-order valence-corrected chi connectivity index (χ3v) is 6.11. The van der Waals surface area contributed by atoms with Crippen LogP contribution in [0.5, 0.6) is 5.75 Å². The van der Waals surface area contributed by atoms with Crippen LogP contribution < -0.4 is 15.4 Å². The molecule has 0 radical (unpaired) electrons. The number of methoxy groups -OCH3 is 1. The predicted molar refractivity (Wildman–Crippen MR) is 117 cm³/mol. The lowest BCUT2D eigenvalue weighted by molar-refractivity contribution is -0.142. The first-order chi connectivity index (χ1) is 14.8. The topological polar surface area (TPSA) is 110 Å². The molecule has 2 amide bonds. The summed E-state index contributed by atoms with van der Waals surface area (Å²) in [5, 5.41) is 16.0. The van der Waals surface area contributed by atoms with Crippen molar-refractivity contribution in [1.82, 2.24) is 15.2 Å². The van der Waals surface area contributed by atoms with Gasteiger partial charge in [-0.05, 0) is 43.5 Å². The van der Waals surface area contributed by atoms with E-state index in [4.69, 9.17) is 4.74 Å². The number of hydrogen-bond acceptors (Lipinski definition) is 4. The molecule has 31 heavy (non-hydrogen) atoms. The molecule has 3 atom stereocenters. The number of carbonyl (C=O) groups is 3. The van der Waals surface area contributed by atoms with E-state index < -0.39 is 24.0 Å². The maximum atomic E-state index is 13.0. The van der Waals surface area contributed by atoms with Crippen molar-refractivity contribution >= 4 is 28.7 Å². The lowest BCUT2D eigenvalue weighted by Gasteiger charge is -2.23. The van der Waals surface area contributed by atoms with Gasteiger partial charge in [0.2, 0.25) is 5.91 Å². The number of aromatic nitrogens is 1. The zero-order valence-electron chi connectivity index (χ0n) is 18.3. The number of carboxylic acids is 1. The summed E-state index contributed by atoms with van der Waals surface area (Å²) in [5.41, 5.74) is 1.33. The van der Waals surface area contributed by atoms with Gasteiger partial charge in [0, 0.05) is 24.0 Å². The van der Waals surface area contributed by atoms with Crippen LogP contribution in [0, 0.1) is 5.92 Å². The number of aliphatic carboxylic acids is 1. The molecule has 1 fully saturated rings. The normalized spacial score (nSPS) is 19.2. The fourth-order valence-corrected chi connectivity index (χ4v) is 4.29. The highest BCUT2D eigenvalue weighted by atomic mass is 16.5. The molecule has 1 aliphatic rings. The van der Waals surface area contributed by atoms with Gasteiger partial charge < -0.3 is 25.0 Å². The molecule has 3 rings (SSSR count). The van der Waals surface area contributed by atoms with Crippen molar-refractivity contribution in [3.8, 4) is 5.75 Å². The lowest BCUT2D eigenvalue weighted by Crippen LogP contribution is -2.51. The van der Waals surface area contributed by atoms with Crippen LogP contribution in [-0.2, 0) is 16.6 Å². The Bertz CT molecular complexity index is 968. The largest absolute Gasteiger partial charge is 0.497 e. The molecular formula is C23H31N3O5. The Morgan fingerprint density at radius 2 is 2.03 bits per heavy atom. The average Bonchev–Trinajstić information content (AvgIpc) is 3.35. The average molecular weight is 430 g/mol. The molecule has 0 spiro atoms. The Kier molecular flexibility index (Phi) is 7.20. The molecule has 168 valence electrons. The number of ether oxygens (including phenoxy) is 1. The summed E-state index contributed by atoms with van der Waals surface area (Å²) in [6.07, 6.45) is 4.13. The summed E-state index contributed by atoms with van der Waals surface area (Å²) in [5.74, 6) is -1.41. The summed E-state index contributed by atoms with van der Waals surface area (Å²) in [6, 6.07) is 6.25. The molecule has 0 unspecified atom stereocenters. The van der Waals surface area contributed by atoms with E-state index in [9.17, 15) is 19.5 Å². The Hall–Kier alpha value is -3.03. The zero-order chi connectivity index (χ0) is 22.5. The third kappa shape index (κ3) is 5.00. The predicted octanol–water partition coefficient (Wildman–Crippen LogP) is 2.85. The van der Waals surface area contributed by atoms with Crippen molar-refractivity contribution in [3.63, 3.8) is 0 Å². The number of hydrogen-bond donors (Lipinski definition) is 3. The Morgan fingerprint density at radius 3 is 2.71 bits per heavy atom. The molecular weight excluding hydrogens is 398 g/mol. The fourth-order valence-electron chi connectivity index (χ4n) is 4.29. The molecule has 0 aliphatic heterocycles.